The first-order chi connectivity index (χ1) is 14.8. The molecule has 150 valence electrons. The minimum Gasteiger partial charge on any atom is -0.298 e. The maximum absolute atomic E-state index is 10.9. The molecule has 1 N–H and O–H groups in total. The Labute approximate surface area is 175 Å². The summed E-state index contributed by atoms with van der Waals surface area (Å²) in [6, 6.07) is 15.2. The van der Waals surface area contributed by atoms with E-state index in [-0.39, 0.29) is 11.4 Å². The van der Waals surface area contributed by atoms with E-state index in [1.165, 1.54) is 48.5 Å². The molecule has 1 heterocycles. The molecule has 1 fully saturated rings. The smallest absolute Gasteiger partial charge is 0.269 e. The molecule has 11 heteroatoms. The highest BCUT2D eigenvalue weighted by Gasteiger charge is 2.69. The average molecular weight is 413 g/mol. The van der Waals surface area contributed by atoms with E-state index < -0.39 is 32.8 Å². The van der Waals surface area contributed by atoms with Crippen molar-refractivity contribution in [3.63, 3.8) is 0 Å². The number of nitro benzene ring substituents is 2. The Morgan fingerprint density at radius 3 is 1.19 bits per heavy atom. The molecule has 11 nitrogen and oxygen atoms in total. The van der Waals surface area contributed by atoms with Crippen molar-refractivity contribution in [2.45, 2.75) is 12.1 Å². The molecule has 0 amide bonds. The highest BCUT2D eigenvalue weighted by molar-refractivity contribution is 5.50. The summed E-state index contributed by atoms with van der Waals surface area (Å²) in [5.74, 6) is 0. The van der Waals surface area contributed by atoms with Crippen LogP contribution < -0.4 is 5.32 Å². The molecule has 2 aromatic rings. The highest BCUT2D eigenvalue weighted by atomic mass is 16.6. The molecule has 0 radical (unpaired) electrons. The van der Waals surface area contributed by atoms with Crippen molar-refractivity contribution in [3.8, 4) is 24.3 Å². The molecule has 0 aliphatic carbocycles. The van der Waals surface area contributed by atoms with Gasteiger partial charge in [-0.25, -0.2) is 0 Å². The van der Waals surface area contributed by atoms with Crippen LogP contribution in [-0.4, -0.2) is 9.85 Å². The molecule has 3 rings (SSSR count). The second kappa shape index (κ2) is 7.53. The topological polar surface area (TPSA) is 193 Å². The van der Waals surface area contributed by atoms with Gasteiger partial charge in [-0.1, -0.05) is 24.3 Å². The molecular formula is C20H11N7O4. The van der Waals surface area contributed by atoms with Crippen LogP contribution in [0.25, 0.3) is 0 Å². The molecule has 0 bridgehead atoms. The molecular weight excluding hydrogens is 402 g/mol. The van der Waals surface area contributed by atoms with Gasteiger partial charge in [0, 0.05) is 24.3 Å². The number of hydrogen-bond donors (Lipinski definition) is 1. The Bertz CT molecular complexity index is 1100. The van der Waals surface area contributed by atoms with E-state index in [0.29, 0.717) is 11.1 Å². The molecule has 0 aromatic heterocycles. The van der Waals surface area contributed by atoms with Crippen LogP contribution in [0.3, 0.4) is 0 Å². The third kappa shape index (κ3) is 2.90. The van der Waals surface area contributed by atoms with E-state index in [1.807, 2.05) is 24.3 Å². The maximum Gasteiger partial charge on any atom is 0.269 e. The summed E-state index contributed by atoms with van der Waals surface area (Å²) in [7, 11) is 0. The Kier molecular flexibility index (Phi) is 5.07. The van der Waals surface area contributed by atoms with Gasteiger partial charge in [0.05, 0.1) is 46.2 Å². The first-order valence-electron chi connectivity index (χ1n) is 8.70. The Morgan fingerprint density at radius 2 is 0.968 bits per heavy atom. The van der Waals surface area contributed by atoms with Crippen molar-refractivity contribution in [1.29, 1.82) is 21.0 Å². The van der Waals surface area contributed by atoms with E-state index in [1.54, 1.807) is 0 Å². The predicted molar refractivity (Wildman–Crippen MR) is 102 cm³/mol. The fraction of sp³-hybridized carbons (Fsp3) is 0.200. The van der Waals surface area contributed by atoms with Crippen molar-refractivity contribution in [2.24, 2.45) is 10.8 Å². The molecule has 0 spiro atoms. The molecule has 2 aromatic carbocycles. The lowest BCUT2D eigenvalue weighted by atomic mass is 9.61. The zero-order chi connectivity index (χ0) is 22.8. The monoisotopic (exact) mass is 413 g/mol. The van der Waals surface area contributed by atoms with Crippen LogP contribution in [-0.2, 0) is 0 Å². The van der Waals surface area contributed by atoms with Crippen LogP contribution in [0.5, 0.6) is 0 Å². The largest absolute Gasteiger partial charge is 0.298 e. The zero-order valence-electron chi connectivity index (χ0n) is 15.6. The summed E-state index contributed by atoms with van der Waals surface area (Å²) < 4.78 is 0. The summed E-state index contributed by atoms with van der Waals surface area (Å²) in [6.07, 6.45) is 0. The van der Waals surface area contributed by atoms with E-state index in [4.69, 9.17) is 0 Å². The van der Waals surface area contributed by atoms with Gasteiger partial charge in [-0.05, 0) is 11.1 Å². The minimum absolute atomic E-state index is 0.208. The molecule has 2 unspecified atom stereocenters. The third-order valence-electron chi connectivity index (χ3n) is 5.40. The van der Waals surface area contributed by atoms with Crippen LogP contribution in [0.1, 0.15) is 23.2 Å². The number of rotatable bonds is 4. The fourth-order valence-electron chi connectivity index (χ4n) is 3.80. The number of nitrogens with one attached hydrogen (secondary N) is 1. The van der Waals surface area contributed by atoms with E-state index in [9.17, 15) is 41.3 Å². The van der Waals surface area contributed by atoms with Gasteiger partial charge in [0.2, 0.25) is 0 Å². The lowest BCUT2D eigenvalue weighted by Gasteiger charge is -2.29. The van der Waals surface area contributed by atoms with E-state index in [2.05, 4.69) is 5.32 Å². The van der Waals surface area contributed by atoms with Crippen LogP contribution in [0, 0.1) is 76.4 Å². The third-order valence-corrected chi connectivity index (χ3v) is 5.40. The first-order valence-corrected chi connectivity index (χ1v) is 8.70. The summed E-state index contributed by atoms with van der Waals surface area (Å²) in [6.45, 7) is 0. The van der Waals surface area contributed by atoms with Crippen LogP contribution in [0.2, 0.25) is 0 Å². The van der Waals surface area contributed by atoms with Gasteiger partial charge in [0.25, 0.3) is 11.4 Å². The zero-order valence-corrected chi connectivity index (χ0v) is 15.6. The molecule has 2 atom stereocenters. The van der Waals surface area contributed by atoms with Gasteiger partial charge in [-0.3, -0.25) is 25.5 Å². The summed E-state index contributed by atoms with van der Waals surface area (Å²) in [5.41, 5.74) is -4.15. The van der Waals surface area contributed by atoms with Crippen LogP contribution in [0.15, 0.2) is 48.5 Å². The van der Waals surface area contributed by atoms with Gasteiger partial charge in [-0.2, -0.15) is 21.0 Å². The van der Waals surface area contributed by atoms with E-state index in [0.717, 1.165) is 0 Å². The van der Waals surface area contributed by atoms with Crippen molar-refractivity contribution in [1.82, 2.24) is 5.32 Å². The second-order valence-corrected chi connectivity index (χ2v) is 6.79. The average Bonchev–Trinajstić information content (AvgIpc) is 3.09. The molecule has 1 aliphatic rings. The fourth-order valence-corrected chi connectivity index (χ4v) is 3.80. The highest BCUT2D eigenvalue weighted by Crippen LogP contribution is 2.60. The molecule has 1 saturated heterocycles. The van der Waals surface area contributed by atoms with Crippen molar-refractivity contribution >= 4 is 11.4 Å². The number of hydrogen-bond acceptors (Lipinski definition) is 9. The normalized spacial score (nSPS) is 20.4. The quantitative estimate of drug-likeness (QED) is 0.579. The summed E-state index contributed by atoms with van der Waals surface area (Å²) in [4.78, 5) is 20.6. The van der Waals surface area contributed by atoms with E-state index >= 15 is 0 Å². The van der Waals surface area contributed by atoms with Crippen molar-refractivity contribution in [2.75, 3.05) is 0 Å². The lowest BCUT2D eigenvalue weighted by Crippen LogP contribution is -2.39. The Balaban J connectivity index is 2.20. The van der Waals surface area contributed by atoms with Gasteiger partial charge in [0.15, 0.2) is 10.8 Å². The summed E-state index contributed by atoms with van der Waals surface area (Å²) >= 11 is 0. The predicted octanol–water partition coefficient (Wildman–Crippen LogP) is 2.96. The maximum atomic E-state index is 10.9. The van der Waals surface area contributed by atoms with Crippen LogP contribution in [0.4, 0.5) is 11.4 Å². The molecule has 31 heavy (non-hydrogen) atoms. The minimum atomic E-state index is -2.17. The van der Waals surface area contributed by atoms with Gasteiger partial charge < -0.3 is 0 Å². The van der Waals surface area contributed by atoms with Crippen LogP contribution >= 0.6 is 0 Å². The SMILES string of the molecule is N#CC1(C#N)C(c2ccc([N+](=O)[O-])cc2)NC(c2ccc([N+](=O)[O-])cc2)C1(C#N)C#N. The molecule has 1 aliphatic heterocycles. The second-order valence-electron chi connectivity index (χ2n) is 6.79. The number of nitriles is 4. The molecule has 0 saturated carbocycles. The summed E-state index contributed by atoms with van der Waals surface area (Å²) in [5, 5.41) is 64.7. The van der Waals surface area contributed by atoms with Gasteiger partial charge in [0.1, 0.15) is 0 Å². The standard InChI is InChI=1S/C20H11N7O4/c21-9-19(10-22)17(13-1-5-15(6-2-13)26(28)29)25-18(20(19,11-23)12-24)14-3-7-16(8-4-14)27(30)31/h1-8,17-18,25H. The Hall–Kier alpha value is -4.84. The number of benzene rings is 2. The lowest BCUT2D eigenvalue weighted by molar-refractivity contribution is -0.385. The van der Waals surface area contributed by atoms with Gasteiger partial charge in [-0.15, -0.1) is 0 Å². The number of nitro groups is 2. The van der Waals surface area contributed by atoms with Crippen molar-refractivity contribution < 1.29 is 9.85 Å². The van der Waals surface area contributed by atoms with Crippen molar-refractivity contribution in [3.05, 3.63) is 79.9 Å². The Morgan fingerprint density at radius 1 is 0.677 bits per heavy atom. The number of non-ortho nitro benzene ring substituents is 2. The first kappa shape index (κ1) is 20.9. The number of nitrogens with zero attached hydrogens (tertiary/aromatic N) is 6. The van der Waals surface area contributed by atoms with Gasteiger partial charge >= 0.3 is 0 Å².